The molecule has 0 aliphatic carbocycles. The molecule has 0 amide bonds. The van der Waals surface area contributed by atoms with E-state index in [0.717, 1.165) is 67.0 Å². The van der Waals surface area contributed by atoms with Crippen molar-refractivity contribution in [3.05, 3.63) is 194 Å². The van der Waals surface area contributed by atoms with Crippen LogP contribution in [0, 0.1) is 0 Å². The van der Waals surface area contributed by atoms with Crippen LogP contribution < -0.4 is 0 Å². The van der Waals surface area contributed by atoms with E-state index in [4.69, 9.17) is 15.0 Å². The van der Waals surface area contributed by atoms with Crippen LogP contribution in [0.1, 0.15) is 0 Å². The van der Waals surface area contributed by atoms with Crippen LogP contribution in [0.2, 0.25) is 0 Å². The van der Waals surface area contributed by atoms with Gasteiger partial charge in [0.05, 0.1) is 33.6 Å². The molecular formula is C49H32N4. The topological polar surface area (TPSA) is 43.6 Å². The number of aromatic nitrogens is 4. The predicted octanol–water partition coefficient (Wildman–Crippen LogP) is 12.5. The minimum atomic E-state index is 0.689. The number of hydrogen-bond acceptors (Lipinski definition) is 3. The lowest BCUT2D eigenvalue weighted by atomic mass is 10.0. The second kappa shape index (κ2) is 12.9. The Kier molecular flexibility index (Phi) is 7.43. The first-order chi connectivity index (χ1) is 26.3. The Hall–Kier alpha value is -7.17. The molecule has 0 bridgehead atoms. The molecule has 4 heteroatoms. The van der Waals surface area contributed by atoms with E-state index in [2.05, 4.69) is 174 Å². The molecule has 248 valence electrons. The average Bonchev–Trinajstić information content (AvgIpc) is 3.60. The first-order valence-corrected chi connectivity index (χ1v) is 17.9. The number of nitrogens with zero attached hydrogens (tertiary/aromatic N) is 4. The van der Waals surface area contributed by atoms with Crippen LogP contribution >= 0.6 is 0 Å². The number of benzene rings is 7. The SMILES string of the molecule is c1ccc(-c2ccc(-c3cc(-c4cccc(-n5c6ccccc6c6c7ccccc7nc(-c7ccccc7)c65)c4)nc(-c4ccccc4)n3)cc2)cc1. The first kappa shape index (κ1) is 30.6. The number of para-hydroxylation sites is 2. The molecule has 0 saturated carbocycles. The highest BCUT2D eigenvalue weighted by Crippen LogP contribution is 2.41. The summed E-state index contributed by atoms with van der Waals surface area (Å²) in [5.41, 5.74) is 13.4. The van der Waals surface area contributed by atoms with Crippen LogP contribution in [0.4, 0.5) is 0 Å². The van der Waals surface area contributed by atoms with E-state index in [1.807, 2.05) is 24.3 Å². The van der Waals surface area contributed by atoms with Crippen LogP contribution in [-0.2, 0) is 0 Å². The third-order valence-corrected chi connectivity index (χ3v) is 10.00. The van der Waals surface area contributed by atoms with E-state index >= 15 is 0 Å². The normalized spacial score (nSPS) is 11.4. The smallest absolute Gasteiger partial charge is 0.160 e. The Morgan fingerprint density at radius 1 is 0.358 bits per heavy atom. The van der Waals surface area contributed by atoms with Crippen LogP contribution in [0.3, 0.4) is 0 Å². The van der Waals surface area contributed by atoms with E-state index < -0.39 is 0 Å². The standard InChI is InChI=1S/C49H32N4/c1-4-15-33(16-5-1)34-27-29-35(30-28-34)43-32-44(52-49(51-43)37-19-8-3-9-20-37)38-21-14-22-39(31-38)53-45-26-13-11-24-41(45)46-40-23-10-12-25-42(40)50-47(48(46)53)36-17-6-2-7-18-36/h1-32H. The van der Waals surface area contributed by atoms with E-state index in [-0.39, 0.29) is 0 Å². The van der Waals surface area contributed by atoms with Gasteiger partial charge in [0.2, 0.25) is 0 Å². The predicted molar refractivity (Wildman–Crippen MR) is 219 cm³/mol. The molecule has 0 atom stereocenters. The summed E-state index contributed by atoms with van der Waals surface area (Å²) >= 11 is 0. The lowest BCUT2D eigenvalue weighted by Gasteiger charge is -2.14. The van der Waals surface area contributed by atoms with Crippen molar-refractivity contribution in [1.82, 2.24) is 19.5 Å². The van der Waals surface area contributed by atoms with Crippen LogP contribution in [-0.4, -0.2) is 19.5 Å². The molecule has 0 N–H and O–H groups in total. The largest absolute Gasteiger partial charge is 0.307 e. The second-order valence-corrected chi connectivity index (χ2v) is 13.2. The fraction of sp³-hybridized carbons (Fsp3) is 0. The van der Waals surface area contributed by atoms with Gasteiger partial charge >= 0.3 is 0 Å². The van der Waals surface area contributed by atoms with Crippen LogP contribution in [0.25, 0.3) is 94.7 Å². The lowest BCUT2D eigenvalue weighted by molar-refractivity contribution is 1.16. The molecule has 4 nitrogen and oxygen atoms in total. The summed E-state index contributed by atoms with van der Waals surface area (Å²) < 4.78 is 2.37. The summed E-state index contributed by atoms with van der Waals surface area (Å²) in [6, 6.07) is 67.8. The Labute approximate surface area is 307 Å². The molecule has 7 aromatic carbocycles. The molecule has 0 radical (unpaired) electrons. The Morgan fingerprint density at radius 2 is 0.906 bits per heavy atom. The zero-order chi connectivity index (χ0) is 35.1. The van der Waals surface area contributed by atoms with Gasteiger partial charge in [-0.1, -0.05) is 164 Å². The Bertz CT molecular complexity index is 2910. The Balaban J connectivity index is 1.18. The maximum absolute atomic E-state index is 5.31. The van der Waals surface area contributed by atoms with Crippen LogP contribution in [0.5, 0.6) is 0 Å². The molecular weight excluding hydrogens is 645 g/mol. The fourth-order valence-corrected chi connectivity index (χ4v) is 7.49. The van der Waals surface area contributed by atoms with Crippen molar-refractivity contribution in [2.45, 2.75) is 0 Å². The summed E-state index contributed by atoms with van der Waals surface area (Å²) in [5.74, 6) is 0.689. The van der Waals surface area contributed by atoms with Crippen molar-refractivity contribution in [3.8, 4) is 62.0 Å². The molecule has 10 rings (SSSR count). The van der Waals surface area contributed by atoms with E-state index in [1.54, 1.807) is 0 Å². The second-order valence-electron chi connectivity index (χ2n) is 13.2. The van der Waals surface area contributed by atoms with Crippen LogP contribution in [0.15, 0.2) is 194 Å². The fourth-order valence-electron chi connectivity index (χ4n) is 7.49. The van der Waals surface area contributed by atoms with Crippen molar-refractivity contribution < 1.29 is 0 Å². The highest BCUT2D eigenvalue weighted by atomic mass is 15.0. The van der Waals surface area contributed by atoms with Gasteiger partial charge in [-0.15, -0.1) is 0 Å². The molecule has 0 fully saturated rings. The first-order valence-electron chi connectivity index (χ1n) is 17.9. The molecule has 0 unspecified atom stereocenters. The zero-order valence-electron chi connectivity index (χ0n) is 28.8. The van der Waals surface area contributed by atoms with Gasteiger partial charge < -0.3 is 4.57 Å². The average molecular weight is 677 g/mol. The van der Waals surface area contributed by atoms with E-state index in [9.17, 15) is 0 Å². The monoisotopic (exact) mass is 676 g/mol. The van der Waals surface area contributed by atoms with Crippen molar-refractivity contribution in [2.24, 2.45) is 0 Å². The molecule has 0 aliphatic rings. The van der Waals surface area contributed by atoms with Gasteiger partial charge in [-0.05, 0) is 41.5 Å². The maximum atomic E-state index is 5.31. The number of pyridine rings is 1. The van der Waals surface area contributed by atoms with Gasteiger partial charge in [-0.2, -0.15) is 0 Å². The third-order valence-electron chi connectivity index (χ3n) is 10.00. The van der Waals surface area contributed by atoms with Gasteiger partial charge in [0.1, 0.15) is 0 Å². The number of hydrogen-bond donors (Lipinski definition) is 0. The summed E-state index contributed by atoms with van der Waals surface area (Å²) in [7, 11) is 0. The summed E-state index contributed by atoms with van der Waals surface area (Å²) in [4.78, 5) is 15.6. The van der Waals surface area contributed by atoms with Gasteiger partial charge in [-0.3, -0.25) is 0 Å². The highest BCUT2D eigenvalue weighted by Gasteiger charge is 2.21. The quantitative estimate of drug-likeness (QED) is 0.176. The number of fused-ring (bicyclic) bond motifs is 5. The molecule has 53 heavy (non-hydrogen) atoms. The molecule has 3 heterocycles. The van der Waals surface area contributed by atoms with Gasteiger partial charge in [0, 0.05) is 44.1 Å². The summed E-state index contributed by atoms with van der Waals surface area (Å²) in [5, 5.41) is 3.53. The molecule has 3 aromatic heterocycles. The van der Waals surface area contributed by atoms with Crippen molar-refractivity contribution in [3.63, 3.8) is 0 Å². The number of rotatable bonds is 6. The highest BCUT2D eigenvalue weighted by molar-refractivity contribution is 6.23. The van der Waals surface area contributed by atoms with Gasteiger partial charge in [0.25, 0.3) is 0 Å². The van der Waals surface area contributed by atoms with Crippen molar-refractivity contribution in [1.29, 1.82) is 0 Å². The molecule has 0 saturated heterocycles. The zero-order valence-corrected chi connectivity index (χ0v) is 28.8. The molecule has 0 spiro atoms. The lowest BCUT2D eigenvalue weighted by Crippen LogP contribution is -1.99. The minimum Gasteiger partial charge on any atom is -0.307 e. The maximum Gasteiger partial charge on any atom is 0.160 e. The van der Waals surface area contributed by atoms with Gasteiger partial charge in [0.15, 0.2) is 5.82 Å². The van der Waals surface area contributed by atoms with Crippen molar-refractivity contribution in [2.75, 3.05) is 0 Å². The summed E-state index contributed by atoms with van der Waals surface area (Å²) in [6.45, 7) is 0. The minimum absolute atomic E-state index is 0.689. The molecule has 10 aromatic rings. The Morgan fingerprint density at radius 3 is 1.64 bits per heavy atom. The van der Waals surface area contributed by atoms with Gasteiger partial charge in [-0.25, -0.2) is 15.0 Å². The van der Waals surface area contributed by atoms with Crippen molar-refractivity contribution >= 4 is 32.7 Å². The summed E-state index contributed by atoms with van der Waals surface area (Å²) in [6.07, 6.45) is 0. The van der Waals surface area contributed by atoms with E-state index in [1.165, 1.54) is 21.9 Å². The third kappa shape index (κ3) is 5.45. The molecule has 0 aliphatic heterocycles. The van der Waals surface area contributed by atoms with E-state index in [0.29, 0.717) is 5.82 Å².